The molecule has 0 aromatic heterocycles. The minimum absolute atomic E-state index is 0.277. The molecule has 5 fully saturated rings. The summed E-state index contributed by atoms with van der Waals surface area (Å²) in [6.45, 7) is 12.1. The number of aliphatic hydroxyl groups is 1. The molecule has 1 N–H and O–H groups in total. The van der Waals surface area contributed by atoms with Gasteiger partial charge in [0.05, 0.1) is 6.10 Å². The Labute approximate surface area is 179 Å². The molecule has 4 saturated carbocycles. The lowest BCUT2D eigenvalue weighted by atomic mass is 9.44. The monoisotopic (exact) mass is 402 g/mol. The molecule has 10 atom stereocenters. The van der Waals surface area contributed by atoms with Crippen molar-refractivity contribution >= 4 is 0 Å². The van der Waals surface area contributed by atoms with Crippen LogP contribution in [0.1, 0.15) is 105 Å². The summed E-state index contributed by atoms with van der Waals surface area (Å²) in [7, 11) is 0. The molecule has 1 heterocycles. The molecule has 4 aliphatic carbocycles. The third-order valence-electron chi connectivity index (χ3n) is 11.4. The standard InChI is InChI=1S/C27H46O2/c1-17(2)11-15-27(28)18(3)24-23(29-27)16-22-20-10-9-19-8-6-7-13-25(19,4)21(20)12-14-26(22,24)5/h17-24,28H,6-16H2,1-5H3/t18-,19?,20+,21-,22-,23-,24-,25-,26-,27?/m0/s1. The van der Waals surface area contributed by atoms with Crippen molar-refractivity contribution in [3.63, 3.8) is 0 Å². The Morgan fingerprint density at radius 3 is 2.52 bits per heavy atom. The minimum atomic E-state index is -0.878. The highest BCUT2D eigenvalue weighted by Crippen LogP contribution is 2.70. The predicted molar refractivity (Wildman–Crippen MR) is 118 cm³/mol. The second-order valence-corrected chi connectivity index (χ2v) is 12.9. The molecule has 0 spiro atoms. The van der Waals surface area contributed by atoms with Crippen molar-refractivity contribution in [3.8, 4) is 0 Å². The quantitative estimate of drug-likeness (QED) is 0.562. The summed E-state index contributed by atoms with van der Waals surface area (Å²) in [5, 5.41) is 11.4. The zero-order valence-corrected chi connectivity index (χ0v) is 19.8. The van der Waals surface area contributed by atoms with E-state index in [0.717, 1.165) is 36.5 Å². The summed E-state index contributed by atoms with van der Waals surface area (Å²) in [5.74, 6) is 4.28. The number of hydrogen-bond donors (Lipinski definition) is 1. The van der Waals surface area contributed by atoms with Crippen LogP contribution >= 0.6 is 0 Å². The first kappa shape index (κ1) is 20.8. The van der Waals surface area contributed by atoms with E-state index < -0.39 is 5.79 Å². The van der Waals surface area contributed by atoms with Gasteiger partial charge in [-0.05, 0) is 97.7 Å². The first-order valence-electron chi connectivity index (χ1n) is 13.1. The van der Waals surface area contributed by atoms with Crippen LogP contribution in [0.25, 0.3) is 0 Å². The van der Waals surface area contributed by atoms with Crippen molar-refractivity contribution < 1.29 is 9.84 Å². The molecule has 1 aliphatic heterocycles. The SMILES string of the molecule is CC(C)CCC1(O)O[C@H]2C[C@H]3[C@@H]4CCC5CCCC[C@]5(C)[C@H]4CC[C@]3(C)[C@H]2[C@@H]1C. The molecule has 2 unspecified atom stereocenters. The summed E-state index contributed by atoms with van der Waals surface area (Å²) in [6, 6.07) is 0. The van der Waals surface area contributed by atoms with E-state index in [0.29, 0.717) is 28.8 Å². The van der Waals surface area contributed by atoms with Gasteiger partial charge in [-0.3, -0.25) is 0 Å². The highest BCUT2D eigenvalue weighted by molar-refractivity contribution is 5.14. The molecule has 0 radical (unpaired) electrons. The third kappa shape index (κ3) is 2.94. The van der Waals surface area contributed by atoms with Crippen LogP contribution in [0, 0.1) is 52.3 Å². The molecule has 166 valence electrons. The van der Waals surface area contributed by atoms with E-state index in [-0.39, 0.29) is 5.92 Å². The van der Waals surface area contributed by atoms with E-state index >= 15 is 0 Å². The number of fused-ring (bicyclic) bond motifs is 7. The lowest BCUT2D eigenvalue weighted by Gasteiger charge is -2.60. The summed E-state index contributed by atoms with van der Waals surface area (Å²) in [4.78, 5) is 0. The predicted octanol–water partition coefficient (Wildman–Crippen LogP) is 6.81. The molecule has 2 heteroatoms. The fourth-order valence-electron chi connectivity index (χ4n) is 9.77. The average molecular weight is 403 g/mol. The van der Waals surface area contributed by atoms with Gasteiger partial charge in [-0.2, -0.15) is 0 Å². The van der Waals surface area contributed by atoms with E-state index in [1.165, 1.54) is 57.8 Å². The molecule has 1 saturated heterocycles. The topological polar surface area (TPSA) is 29.5 Å². The smallest absolute Gasteiger partial charge is 0.168 e. The van der Waals surface area contributed by atoms with E-state index in [4.69, 9.17) is 4.74 Å². The van der Waals surface area contributed by atoms with Gasteiger partial charge in [-0.15, -0.1) is 0 Å². The van der Waals surface area contributed by atoms with Gasteiger partial charge < -0.3 is 9.84 Å². The van der Waals surface area contributed by atoms with Crippen LogP contribution in [0.3, 0.4) is 0 Å². The summed E-state index contributed by atoms with van der Waals surface area (Å²) in [6.07, 6.45) is 15.1. The zero-order valence-electron chi connectivity index (χ0n) is 19.8. The van der Waals surface area contributed by atoms with Gasteiger partial charge in [0.15, 0.2) is 5.79 Å². The highest BCUT2D eigenvalue weighted by atomic mass is 16.6. The molecule has 29 heavy (non-hydrogen) atoms. The molecule has 0 bridgehead atoms. The second kappa shape index (κ2) is 6.96. The van der Waals surface area contributed by atoms with E-state index in [2.05, 4.69) is 34.6 Å². The van der Waals surface area contributed by atoms with Crippen LogP contribution in [0.5, 0.6) is 0 Å². The molecule has 0 amide bonds. The van der Waals surface area contributed by atoms with Crippen LogP contribution in [0.2, 0.25) is 0 Å². The van der Waals surface area contributed by atoms with Crippen molar-refractivity contribution in [1.29, 1.82) is 0 Å². The lowest BCUT2D eigenvalue weighted by molar-refractivity contribution is -0.221. The fourth-order valence-corrected chi connectivity index (χ4v) is 9.77. The van der Waals surface area contributed by atoms with Crippen LogP contribution in [-0.4, -0.2) is 17.0 Å². The normalized spacial score (nSPS) is 56.6. The van der Waals surface area contributed by atoms with Gasteiger partial charge in [0.2, 0.25) is 0 Å². The first-order chi connectivity index (χ1) is 13.7. The Morgan fingerprint density at radius 2 is 1.76 bits per heavy atom. The summed E-state index contributed by atoms with van der Waals surface area (Å²) >= 11 is 0. The molecule has 2 nitrogen and oxygen atoms in total. The van der Waals surface area contributed by atoms with Crippen LogP contribution in [-0.2, 0) is 4.74 Å². The summed E-state index contributed by atoms with van der Waals surface area (Å²) in [5.41, 5.74) is 0.996. The average Bonchev–Trinajstić information content (AvgIpc) is 3.10. The molecule has 0 aromatic rings. The number of hydrogen-bond acceptors (Lipinski definition) is 2. The van der Waals surface area contributed by atoms with Gasteiger partial charge in [-0.25, -0.2) is 0 Å². The van der Waals surface area contributed by atoms with E-state index in [1.807, 2.05) is 0 Å². The van der Waals surface area contributed by atoms with Gasteiger partial charge in [0.1, 0.15) is 0 Å². The van der Waals surface area contributed by atoms with Gasteiger partial charge in [0, 0.05) is 12.3 Å². The van der Waals surface area contributed by atoms with Crippen molar-refractivity contribution in [1.82, 2.24) is 0 Å². The Morgan fingerprint density at radius 1 is 0.966 bits per heavy atom. The molecular formula is C27H46O2. The minimum Gasteiger partial charge on any atom is -0.365 e. The van der Waals surface area contributed by atoms with Gasteiger partial charge in [-0.1, -0.05) is 47.5 Å². The van der Waals surface area contributed by atoms with Crippen molar-refractivity contribution in [2.24, 2.45) is 52.3 Å². The van der Waals surface area contributed by atoms with Crippen molar-refractivity contribution in [3.05, 3.63) is 0 Å². The zero-order chi connectivity index (χ0) is 20.6. The Kier molecular flexibility index (Phi) is 4.99. The number of ether oxygens (including phenoxy) is 1. The molecule has 0 aromatic carbocycles. The van der Waals surface area contributed by atoms with Gasteiger partial charge in [0.25, 0.3) is 0 Å². The first-order valence-corrected chi connectivity index (χ1v) is 13.1. The van der Waals surface area contributed by atoms with Crippen molar-refractivity contribution in [2.45, 2.75) is 117 Å². The largest absolute Gasteiger partial charge is 0.365 e. The summed E-state index contributed by atoms with van der Waals surface area (Å²) < 4.78 is 6.56. The Bertz CT molecular complexity index is 630. The Balaban J connectivity index is 1.38. The maximum absolute atomic E-state index is 11.4. The fraction of sp³-hybridized carbons (Fsp3) is 1.00. The van der Waals surface area contributed by atoms with Crippen LogP contribution < -0.4 is 0 Å². The molecule has 5 rings (SSSR count). The molecule has 5 aliphatic rings. The Hall–Kier alpha value is -0.0800. The van der Waals surface area contributed by atoms with E-state index in [9.17, 15) is 5.11 Å². The third-order valence-corrected chi connectivity index (χ3v) is 11.4. The highest BCUT2D eigenvalue weighted by Gasteiger charge is 2.68. The van der Waals surface area contributed by atoms with Crippen LogP contribution in [0.4, 0.5) is 0 Å². The van der Waals surface area contributed by atoms with Crippen molar-refractivity contribution in [2.75, 3.05) is 0 Å². The maximum Gasteiger partial charge on any atom is 0.168 e. The van der Waals surface area contributed by atoms with Crippen LogP contribution in [0.15, 0.2) is 0 Å². The molecular weight excluding hydrogens is 356 g/mol. The second-order valence-electron chi connectivity index (χ2n) is 12.9. The van der Waals surface area contributed by atoms with Gasteiger partial charge >= 0.3 is 0 Å². The lowest BCUT2D eigenvalue weighted by Crippen LogP contribution is -2.53. The number of rotatable bonds is 3. The maximum atomic E-state index is 11.4. The van der Waals surface area contributed by atoms with E-state index in [1.54, 1.807) is 0 Å².